The molecule has 2 heterocycles. The molecule has 0 aliphatic heterocycles. The van der Waals surface area contributed by atoms with Gasteiger partial charge in [0.2, 0.25) is 5.91 Å². The fourth-order valence-corrected chi connectivity index (χ4v) is 6.83. The van der Waals surface area contributed by atoms with Crippen LogP contribution in [0.25, 0.3) is 0 Å². The summed E-state index contributed by atoms with van der Waals surface area (Å²) < 4.78 is 7.55. The first-order chi connectivity index (χ1) is 18.1. The molecular formula is C28H29ClN4O2S2. The quantitative estimate of drug-likeness (QED) is 0.217. The van der Waals surface area contributed by atoms with Crippen molar-refractivity contribution in [2.75, 3.05) is 12.4 Å². The fraction of sp³-hybridized carbons (Fsp3) is 0.321. The zero-order valence-electron chi connectivity index (χ0n) is 20.6. The minimum Gasteiger partial charge on any atom is -0.495 e. The number of halogens is 1. The van der Waals surface area contributed by atoms with E-state index < -0.39 is 5.25 Å². The Kier molecular flexibility index (Phi) is 8.48. The summed E-state index contributed by atoms with van der Waals surface area (Å²) >= 11 is 9.49. The van der Waals surface area contributed by atoms with Crippen molar-refractivity contribution in [1.82, 2.24) is 14.8 Å². The van der Waals surface area contributed by atoms with Gasteiger partial charge in [0.05, 0.1) is 12.1 Å². The van der Waals surface area contributed by atoms with Gasteiger partial charge in [0, 0.05) is 23.0 Å². The van der Waals surface area contributed by atoms with E-state index >= 15 is 0 Å². The summed E-state index contributed by atoms with van der Waals surface area (Å²) in [6, 6.07) is 19.6. The van der Waals surface area contributed by atoms with Crippen LogP contribution in [-0.4, -0.2) is 27.8 Å². The van der Waals surface area contributed by atoms with Crippen molar-refractivity contribution in [3.63, 3.8) is 0 Å². The van der Waals surface area contributed by atoms with E-state index in [1.54, 1.807) is 36.6 Å². The summed E-state index contributed by atoms with van der Waals surface area (Å²) in [4.78, 5) is 14.9. The average Bonchev–Trinajstić information content (AvgIpc) is 3.58. The molecule has 1 saturated carbocycles. The van der Waals surface area contributed by atoms with Crippen LogP contribution in [0.5, 0.6) is 5.75 Å². The predicted molar refractivity (Wildman–Crippen MR) is 151 cm³/mol. The lowest BCUT2D eigenvalue weighted by molar-refractivity contribution is -0.115. The maximum Gasteiger partial charge on any atom is 0.242 e. The number of nitrogens with one attached hydrogen (secondary N) is 1. The molecule has 1 aliphatic rings. The molecule has 6 nitrogen and oxygen atoms in total. The lowest BCUT2D eigenvalue weighted by Gasteiger charge is -2.26. The number of amides is 1. The highest BCUT2D eigenvalue weighted by molar-refractivity contribution is 8.00. The van der Waals surface area contributed by atoms with Crippen molar-refractivity contribution in [3.8, 4) is 5.75 Å². The Morgan fingerprint density at radius 2 is 1.95 bits per heavy atom. The number of rotatable bonds is 9. The fourth-order valence-electron chi connectivity index (χ4n) is 4.74. The smallest absolute Gasteiger partial charge is 0.242 e. The Hall–Kier alpha value is -2.81. The van der Waals surface area contributed by atoms with Gasteiger partial charge in [0.25, 0.3) is 0 Å². The van der Waals surface area contributed by atoms with E-state index in [2.05, 4.69) is 37.6 Å². The topological polar surface area (TPSA) is 69.0 Å². The number of benzene rings is 2. The van der Waals surface area contributed by atoms with Gasteiger partial charge in [-0.1, -0.05) is 79.0 Å². The highest BCUT2D eigenvalue weighted by Gasteiger charge is 2.29. The maximum absolute atomic E-state index is 13.7. The third kappa shape index (κ3) is 6.20. The summed E-state index contributed by atoms with van der Waals surface area (Å²) in [5, 5.41) is 15.1. The highest BCUT2D eigenvalue weighted by atomic mass is 35.5. The molecule has 0 spiro atoms. The molecule has 0 saturated heterocycles. The van der Waals surface area contributed by atoms with Crippen LogP contribution in [0.2, 0.25) is 5.02 Å². The number of carbonyl (C=O) groups excluding carboxylic acids is 1. The number of aromatic nitrogens is 3. The van der Waals surface area contributed by atoms with Gasteiger partial charge in [-0.3, -0.25) is 4.79 Å². The van der Waals surface area contributed by atoms with Crippen LogP contribution in [-0.2, 0) is 11.2 Å². The number of anilines is 1. The third-order valence-electron chi connectivity index (χ3n) is 6.57. The van der Waals surface area contributed by atoms with Gasteiger partial charge >= 0.3 is 0 Å². The van der Waals surface area contributed by atoms with Gasteiger partial charge in [-0.25, -0.2) is 0 Å². The molecule has 1 unspecified atom stereocenters. The van der Waals surface area contributed by atoms with Crippen molar-refractivity contribution >= 4 is 46.3 Å². The van der Waals surface area contributed by atoms with Crippen LogP contribution in [0.1, 0.15) is 59.7 Å². The number of thiophene rings is 1. The molecule has 2 aromatic carbocycles. The standard InChI is InChI=1S/C28H29ClN4O2S2/c1-35-24-15-14-20(17-23(24)29)30-27(34)26(19-9-4-2-5-10-19)37-28-32-31-25(18-22-13-8-16-36-22)33(28)21-11-6-3-7-12-21/h2,4-5,8-10,13-17,21,26H,3,6-7,11-12,18H2,1H3,(H,30,34). The Labute approximate surface area is 230 Å². The van der Waals surface area contributed by atoms with Crippen molar-refractivity contribution in [2.45, 2.75) is 55.0 Å². The van der Waals surface area contributed by atoms with E-state index in [1.807, 2.05) is 30.3 Å². The lowest BCUT2D eigenvalue weighted by Crippen LogP contribution is -2.21. The molecule has 1 N–H and O–H groups in total. The number of nitrogens with zero attached hydrogens (tertiary/aromatic N) is 3. The normalized spacial score (nSPS) is 14.9. The third-order valence-corrected chi connectivity index (χ3v) is 8.95. The van der Waals surface area contributed by atoms with Crippen LogP contribution in [0.4, 0.5) is 5.69 Å². The Balaban J connectivity index is 1.46. The molecule has 0 bridgehead atoms. The van der Waals surface area contributed by atoms with Crippen molar-refractivity contribution in [3.05, 3.63) is 87.3 Å². The lowest BCUT2D eigenvalue weighted by atomic mass is 9.95. The molecular weight excluding hydrogens is 524 g/mol. The number of carbonyl (C=O) groups is 1. The molecule has 192 valence electrons. The van der Waals surface area contributed by atoms with Gasteiger partial charge in [-0.05, 0) is 48.1 Å². The van der Waals surface area contributed by atoms with E-state index in [-0.39, 0.29) is 5.91 Å². The summed E-state index contributed by atoms with van der Waals surface area (Å²) in [5.74, 6) is 1.38. The molecule has 1 aliphatic carbocycles. The molecule has 9 heteroatoms. The summed E-state index contributed by atoms with van der Waals surface area (Å²) in [6.45, 7) is 0. The first-order valence-corrected chi connectivity index (χ1v) is 14.6. The van der Waals surface area contributed by atoms with Crippen LogP contribution in [0, 0.1) is 0 Å². The minimum atomic E-state index is -0.511. The molecule has 1 fully saturated rings. The minimum absolute atomic E-state index is 0.143. The number of hydrogen-bond acceptors (Lipinski definition) is 6. The van der Waals surface area contributed by atoms with Crippen LogP contribution >= 0.6 is 34.7 Å². The van der Waals surface area contributed by atoms with E-state index in [4.69, 9.17) is 16.3 Å². The summed E-state index contributed by atoms with van der Waals surface area (Å²) in [5.41, 5.74) is 1.52. The van der Waals surface area contributed by atoms with Gasteiger partial charge in [-0.2, -0.15) is 0 Å². The molecule has 5 rings (SSSR count). The Morgan fingerprint density at radius 1 is 1.14 bits per heavy atom. The zero-order chi connectivity index (χ0) is 25.6. The number of ether oxygens (including phenoxy) is 1. The molecule has 1 atom stereocenters. The van der Waals surface area contributed by atoms with Crippen molar-refractivity contribution < 1.29 is 9.53 Å². The summed E-state index contributed by atoms with van der Waals surface area (Å²) in [7, 11) is 1.57. The first kappa shape index (κ1) is 25.8. The van der Waals surface area contributed by atoms with E-state index in [0.717, 1.165) is 35.8 Å². The Morgan fingerprint density at radius 3 is 2.65 bits per heavy atom. The zero-order valence-corrected chi connectivity index (χ0v) is 23.0. The van der Waals surface area contributed by atoms with Gasteiger partial charge in [-0.15, -0.1) is 21.5 Å². The van der Waals surface area contributed by atoms with E-state index in [1.165, 1.54) is 35.9 Å². The molecule has 0 radical (unpaired) electrons. The first-order valence-electron chi connectivity index (χ1n) is 12.4. The van der Waals surface area contributed by atoms with Crippen LogP contribution < -0.4 is 10.1 Å². The predicted octanol–water partition coefficient (Wildman–Crippen LogP) is 7.57. The Bertz CT molecular complexity index is 1320. The monoisotopic (exact) mass is 552 g/mol. The van der Waals surface area contributed by atoms with Crippen LogP contribution in [0.15, 0.2) is 71.2 Å². The number of thioether (sulfide) groups is 1. The van der Waals surface area contributed by atoms with Gasteiger partial charge in [0.15, 0.2) is 5.16 Å². The van der Waals surface area contributed by atoms with Crippen LogP contribution in [0.3, 0.4) is 0 Å². The molecule has 1 amide bonds. The second-order valence-electron chi connectivity index (χ2n) is 9.06. The summed E-state index contributed by atoms with van der Waals surface area (Å²) in [6.07, 6.45) is 6.62. The number of methoxy groups -OCH3 is 1. The second-order valence-corrected chi connectivity index (χ2v) is 11.6. The van der Waals surface area contributed by atoms with Gasteiger partial charge in [0.1, 0.15) is 16.8 Å². The van der Waals surface area contributed by atoms with Crippen molar-refractivity contribution in [1.29, 1.82) is 0 Å². The van der Waals surface area contributed by atoms with E-state index in [9.17, 15) is 4.79 Å². The largest absolute Gasteiger partial charge is 0.495 e. The van der Waals surface area contributed by atoms with Crippen molar-refractivity contribution in [2.24, 2.45) is 0 Å². The number of hydrogen-bond donors (Lipinski definition) is 1. The highest BCUT2D eigenvalue weighted by Crippen LogP contribution is 2.40. The SMILES string of the molecule is COc1ccc(NC(=O)C(Sc2nnc(Cc3cccs3)n2C2CCCCC2)c2ccccc2)cc1Cl. The molecule has 2 aromatic heterocycles. The average molecular weight is 553 g/mol. The van der Waals surface area contributed by atoms with Gasteiger partial charge < -0.3 is 14.6 Å². The molecule has 4 aromatic rings. The van der Waals surface area contributed by atoms with E-state index in [0.29, 0.717) is 22.5 Å². The second kappa shape index (κ2) is 12.2. The maximum atomic E-state index is 13.7. The molecule has 37 heavy (non-hydrogen) atoms.